The summed E-state index contributed by atoms with van der Waals surface area (Å²) in [5, 5.41) is 9.14. The number of hydrogen-bond donors (Lipinski definition) is 3. The first kappa shape index (κ1) is 20.4. The topological polar surface area (TPSA) is 88.7 Å². The zero-order valence-corrected chi connectivity index (χ0v) is 16.9. The molecule has 158 valence electrons. The minimum Gasteiger partial charge on any atom is -0.484 e. The molecule has 1 aromatic carbocycles. The number of rotatable bonds is 7. The summed E-state index contributed by atoms with van der Waals surface area (Å²) in [6.07, 6.45) is 2.19. The smallest absolute Gasteiger partial charge is 0.258 e. The van der Waals surface area contributed by atoms with Crippen molar-refractivity contribution in [2.24, 2.45) is 11.3 Å². The number of hydrogen-bond acceptors (Lipinski definition) is 5. The minimum atomic E-state index is -0.596. The maximum atomic E-state index is 13.4. The van der Waals surface area contributed by atoms with E-state index in [0.29, 0.717) is 18.9 Å². The summed E-state index contributed by atoms with van der Waals surface area (Å²) >= 11 is 5.63. The molecule has 1 aliphatic heterocycles. The van der Waals surface area contributed by atoms with E-state index in [-0.39, 0.29) is 47.6 Å². The molecule has 3 aliphatic carbocycles. The van der Waals surface area contributed by atoms with Crippen LogP contribution in [0.5, 0.6) is 5.75 Å². The van der Waals surface area contributed by atoms with Crippen LogP contribution in [0.15, 0.2) is 18.2 Å². The molecular formula is C20H25ClFN3O4. The number of ether oxygens (including phenoxy) is 2. The summed E-state index contributed by atoms with van der Waals surface area (Å²) in [6, 6.07) is 3.99. The summed E-state index contributed by atoms with van der Waals surface area (Å²) < 4.78 is 24.4. The second kappa shape index (κ2) is 8.08. The second-order valence-electron chi connectivity index (χ2n) is 8.24. The van der Waals surface area contributed by atoms with Gasteiger partial charge in [0.2, 0.25) is 5.91 Å². The van der Waals surface area contributed by atoms with E-state index in [1.54, 1.807) is 0 Å². The Hall–Kier alpha value is -1.90. The van der Waals surface area contributed by atoms with E-state index >= 15 is 0 Å². The van der Waals surface area contributed by atoms with Crippen molar-refractivity contribution in [3.05, 3.63) is 29.0 Å². The fraction of sp³-hybridized carbons (Fsp3) is 0.600. The van der Waals surface area contributed by atoms with Gasteiger partial charge in [0, 0.05) is 18.7 Å². The van der Waals surface area contributed by atoms with Crippen LogP contribution in [-0.4, -0.2) is 49.9 Å². The van der Waals surface area contributed by atoms with Gasteiger partial charge in [-0.15, -0.1) is 0 Å². The Kier molecular flexibility index (Phi) is 5.68. The van der Waals surface area contributed by atoms with Gasteiger partial charge in [-0.1, -0.05) is 11.6 Å². The number of carbonyl (C=O) groups is 2. The minimum absolute atomic E-state index is 0.000827. The molecule has 2 bridgehead atoms. The molecule has 1 aromatic rings. The van der Waals surface area contributed by atoms with E-state index in [0.717, 1.165) is 25.5 Å². The number of fused-ring (bicyclic) bond motifs is 1. The zero-order chi connectivity index (χ0) is 20.6. The average molecular weight is 426 g/mol. The normalized spacial score (nSPS) is 32.5. The number of halogens is 2. The molecule has 9 heteroatoms. The Morgan fingerprint density at radius 3 is 2.86 bits per heavy atom. The summed E-state index contributed by atoms with van der Waals surface area (Å²) in [6.45, 7) is 3.00. The molecule has 5 rings (SSSR count). The Bertz CT molecular complexity index is 802. The Morgan fingerprint density at radius 2 is 2.17 bits per heavy atom. The van der Waals surface area contributed by atoms with Crippen molar-refractivity contribution in [2.75, 3.05) is 19.7 Å². The van der Waals surface area contributed by atoms with Gasteiger partial charge in [0.05, 0.1) is 23.1 Å². The van der Waals surface area contributed by atoms with Crippen LogP contribution >= 0.6 is 11.6 Å². The highest BCUT2D eigenvalue weighted by molar-refractivity contribution is 6.30. The third-order valence-corrected chi connectivity index (χ3v) is 6.36. The zero-order valence-electron chi connectivity index (χ0n) is 16.2. The van der Waals surface area contributed by atoms with Gasteiger partial charge >= 0.3 is 0 Å². The Morgan fingerprint density at radius 1 is 1.38 bits per heavy atom. The van der Waals surface area contributed by atoms with Gasteiger partial charge in [0.25, 0.3) is 5.91 Å². The first-order valence-corrected chi connectivity index (χ1v) is 10.3. The van der Waals surface area contributed by atoms with Crippen LogP contribution in [0, 0.1) is 17.2 Å². The van der Waals surface area contributed by atoms with E-state index < -0.39 is 11.2 Å². The molecule has 7 nitrogen and oxygen atoms in total. The number of carbonyl (C=O) groups excluding carboxylic acids is 2. The van der Waals surface area contributed by atoms with Crippen LogP contribution in [-0.2, 0) is 14.3 Å². The first-order chi connectivity index (χ1) is 13.8. The molecule has 4 fully saturated rings. The molecule has 3 saturated carbocycles. The molecule has 1 saturated heterocycles. The van der Waals surface area contributed by atoms with Crippen molar-refractivity contribution in [1.29, 1.82) is 0 Å². The quantitative estimate of drug-likeness (QED) is 0.617. The molecule has 0 aromatic heterocycles. The van der Waals surface area contributed by atoms with Gasteiger partial charge < -0.3 is 20.1 Å². The lowest BCUT2D eigenvalue weighted by Crippen LogP contribution is -2.48. The highest BCUT2D eigenvalue weighted by Crippen LogP contribution is 2.58. The Labute approximate surface area is 173 Å². The summed E-state index contributed by atoms with van der Waals surface area (Å²) in [5.74, 6) is -0.305. The summed E-state index contributed by atoms with van der Waals surface area (Å²) in [7, 11) is 0. The van der Waals surface area contributed by atoms with Crippen LogP contribution < -0.4 is 20.7 Å². The summed E-state index contributed by atoms with van der Waals surface area (Å²) in [4.78, 5) is 24.9. The molecule has 3 atom stereocenters. The van der Waals surface area contributed by atoms with Crippen molar-refractivity contribution in [3.63, 3.8) is 0 Å². The van der Waals surface area contributed by atoms with Crippen molar-refractivity contribution >= 4 is 23.4 Å². The van der Waals surface area contributed by atoms with Gasteiger partial charge in [0.1, 0.15) is 17.8 Å². The lowest BCUT2D eigenvalue weighted by molar-refractivity contribution is -0.135. The predicted molar refractivity (Wildman–Crippen MR) is 104 cm³/mol. The number of nitrogens with one attached hydrogen (secondary N) is 3. The molecule has 3 N–H and O–H groups in total. The summed E-state index contributed by atoms with van der Waals surface area (Å²) in [5.41, 5.74) is -0.396. The largest absolute Gasteiger partial charge is 0.484 e. The monoisotopic (exact) mass is 425 g/mol. The van der Waals surface area contributed by atoms with Gasteiger partial charge in [-0.3, -0.25) is 14.9 Å². The average Bonchev–Trinajstić information content (AvgIpc) is 3.33. The van der Waals surface area contributed by atoms with E-state index in [2.05, 4.69) is 16.0 Å². The van der Waals surface area contributed by atoms with Crippen molar-refractivity contribution < 1.29 is 23.5 Å². The van der Waals surface area contributed by atoms with E-state index in [1.165, 1.54) is 12.1 Å². The maximum Gasteiger partial charge on any atom is 0.258 e. The van der Waals surface area contributed by atoms with E-state index in [9.17, 15) is 14.0 Å². The molecular weight excluding hydrogens is 401 g/mol. The number of amides is 2. The Balaban J connectivity index is 1.21. The third-order valence-electron chi connectivity index (χ3n) is 6.05. The van der Waals surface area contributed by atoms with Crippen molar-refractivity contribution in [1.82, 2.24) is 16.0 Å². The van der Waals surface area contributed by atoms with Crippen LogP contribution in [0.2, 0.25) is 5.02 Å². The van der Waals surface area contributed by atoms with Gasteiger partial charge in [-0.25, -0.2) is 4.39 Å². The molecule has 1 heterocycles. The van der Waals surface area contributed by atoms with Crippen molar-refractivity contribution in [2.45, 2.75) is 44.6 Å². The standard InChI is InChI=1S/C20H25ClFN3O4/c1-11-8-23-18(29-11)9-24-19(27)20-5-12(6-20)16(7-20)25-17(26)10-28-13-2-3-14(21)15(22)4-13/h2-4,11-12,16,18,23H,5-10H2,1H3,(H,24,27)(H,25,26)/t11?,12?,16-,18?,20?/m0/s1. The van der Waals surface area contributed by atoms with E-state index in [4.69, 9.17) is 21.1 Å². The van der Waals surface area contributed by atoms with Crippen molar-refractivity contribution in [3.8, 4) is 5.75 Å². The predicted octanol–water partition coefficient (Wildman–Crippen LogP) is 1.59. The maximum absolute atomic E-state index is 13.4. The number of benzene rings is 1. The molecule has 4 aliphatic rings. The fourth-order valence-electron chi connectivity index (χ4n) is 4.56. The van der Waals surface area contributed by atoms with Gasteiger partial charge in [0.15, 0.2) is 6.61 Å². The molecule has 2 unspecified atom stereocenters. The van der Waals surface area contributed by atoms with Gasteiger partial charge in [-0.2, -0.15) is 0 Å². The van der Waals surface area contributed by atoms with Crippen LogP contribution in [0.3, 0.4) is 0 Å². The molecule has 0 spiro atoms. The highest BCUT2D eigenvalue weighted by Gasteiger charge is 2.60. The van der Waals surface area contributed by atoms with Crippen LogP contribution in [0.4, 0.5) is 4.39 Å². The second-order valence-corrected chi connectivity index (χ2v) is 8.65. The molecule has 0 radical (unpaired) electrons. The van der Waals surface area contributed by atoms with Gasteiger partial charge in [-0.05, 0) is 44.2 Å². The lowest BCUT2D eigenvalue weighted by Gasteiger charge is -2.37. The molecule has 2 amide bonds. The van der Waals surface area contributed by atoms with Crippen LogP contribution in [0.25, 0.3) is 0 Å². The highest BCUT2D eigenvalue weighted by atomic mass is 35.5. The SMILES string of the molecule is CC1CNC(CNC(=O)C23CC(C2)[C@@H](NC(=O)COc2ccc(Cl)c(F)c2)C3)O1. The van der Waals surface area contributed by atoms with Crippen LogP contribution in [0.1, 0.15) is 26.2 Å². The van der Waals surface area contributed by atoms with E-state index in [1.807, 2.05) is 6.92 Å². The first-order valence-electron chi connectivity index (χ1n) is 9.89. The third kappa shape index (κ3) is 4.34. The lowest BCUT2D eigenvalue weighted by atomic mass is 9.69. The molecule has 29 heavy (non-hydrogen) atoms. The fourth-order valence-corrected chi connectivity index (χ4v) is 4.68.